The van der Waals surface area contributed by atoms with Crippen molar-refractivity contribution in [2.24, 2.45) is 0 Å². The molecule has 0 atom stereocenters. The Balaban J connectivity index is 1.64. The van der Waals surface area contributed by atoms with Crippen LogP contribution in [0.2, 0.25) is 0 Å². The highest BCUT2D eigenvalue weighted by atomic mass is 31.1. The second kappa shape index (κ2) is 15.0. The fourth-order valence-electron chi connectivity index (χ4n) is 7.15. The van der Waals surface area contributed by atoms with E-state index in [1.54, 1.807) is 0 Å². The molecule has 0 radical (unpaired) electrons. The van der Waals surface area contributed by atoms with Crippen LogP contribution in [0.3, 0.4) is 0 Å². The molecule has 0 N–H and O–H groups in total. The Bertz CT molecular complexity index is 1670. The summed E-state index contributed by atoms with van der Waals surface area (Å²) < 4.78 is 0. The van der Waals surface area contributed by atoms with Crippen LogP contribution in [0.4, 0.5) is 0 Å². The Kier molecular flexibility index (Phi) is 10.7. The maximum absolute atomic E-state index is 2.49. The van der Waals surface area contributed by atoms with E-state index in [0.29, 0.717) is 0 Å². The highest BCUT2D eigenvalue weighted by Crippen LogP contribution is 2.43. The van der Waals surface area contributed by atoms with Crippen LogP contribution in [0.25, 0.3) is 0 Å². The van der Waals surface area contributed by atoms with Crippen LogP contribution in [0.15, 0.2) is 170 Å². The molecule has 0 nitrogen and oxygen atoms in total. The lowest BCUT2D eigenvalue weighted by atomic mass is 9.21. The summed E-state index contributed by atoms with van der Waals surface area (Å²) in [5, 5.41) is 5.76. The zero-order valence-corrected chi connectivity index (χ0v) is 31.8. The summed E-state index contributed by atoms with van der Waals surface area (Å²) in [6, 6.07) is 67.1. The molecule has 6 aromatic rings. The predicted octanol–water partition coefficient (Wildman–Crippen LogP) is 9.19. The molecule has 6 aromatic carbocycles. The minimum atomic E-state index is -1.27. The van der Waals surface area contributed by atoms with E-state index < -0.39 is 22.0 Å². The van der Waals surface area contributed by atoms with Crippen molar-refractivity contribution < 1.29 is 0 Å². The number of rotatable bonds is 10. The number of hydrogen-bond acceptors (Lipinski definition) is 0. The van der Waals surface area contributed by atoms with Gasteiger partial charge in [-0.05, 0) is 43.2 Å². The summed E-state index contributed by atoms with van der Waals surface area (Å²) >= 11 is 0. The zero-order valence-electron chi connectivity index (χ0n) is 30.1. The predicted molar refractivity (Wildman–Crippen MR) is 223 cm³/mol. The van der Waals surface area contributed by atoms with Crippen molar-refractivity contribution in [2.75, 3.05) is 12.1 Å². The van der Waals surface area contributed by atoms with E-state index in [2.05, 4.69) is 211 Å². The summed E-state index contributed by atoms with van der Waals surface area (Å²) in [7, 11) is -1.35. The molecule has 248 valence electrons. The molecule has 6 rings (SSSR count). The minimum absolute atomic E-state index is 0.0872. The van der Waals surface area contributed by atoms with Gasteiger partial charge in [0.15, 0.2) is 0 Å². The standard InChI is InChI=1S/C46H50BP2/c1-45(2,3)37-27-31-39(32-28-37)47(40-33-29-38(30-34-40)46(4,5)6,35-48(41-19-11-7-12-20-41)42-21-13-8-14-22-42)36-49(43-23-15-9-16-24-43)44-25-17-10-18-26-44/h7-34H,35-36H2,1-6H3/q-1. The number of benzene rings is 6. The van der Waals surface area contributed by atoms with Crippen LogP contribution in [-0.4, -0.2) is 18.3 Å². The molecule has 3 heteroatoms. The topological polar surface area (TPSA) is 0 Å². The summed E-state index contributed by atoms with van der Waals surface area (Å²) in [4.78, 5) is 0. The third-order valence-corrected chi connectivity index (χ3v) is 15.8. The second-order valence-corrected chi connectivity index (χ2v) is 20.1. The van der Waals surface area contributed by atoms with Gasteiger partial charge in [0.05, 0.1) is 6.15 Å². The molecule has 0 bridgehead atoms. The van der Waals surface area contributed by atoms with Crippen molar-refractivity contribution in [1.82, 2.24) is 0 Å². The lowest BCUT2D eigenvalue weighted by molar-refractivity contribution is 0.590. The van der Waals surface area contributed by atoms with E-state index in [0.717, 1.165) is 12.1 Å². The van der Waals surface area contributed by atoms with Gasteiger partial charge in [-0.25, -0.2) is 10.9 Å². The van der Waals surface area contributed by atoms with Crippen molar-refractivity contribution in [3.63, 3.8) is 0 Å². The van der Waals surface area contributed by atoms with Crippen molar-refractivity contribution in [3.05, 3.63) is 181 Å². The third kappa shape index (κ3) is 8.18. The maximum Gasteiger partial charge on any atom is 0.0646 e. The van der Waals surface area contributed by atoms with Crippen LogP contribution >= 0.6 is 15.8 Å². The average molecular weight is 676 g/mol. The van der Waals surface area contributed by atoms with Crippen molar-refractivity contribution in [2.45, 2.75) is 52.4 Å². The Morgan fingerprint density at radius 3 is 0.816 bits per heavy atom. The van der Waals surface area contributed by atoms with Gasteiger partial charge in [-0.15, -0.1) is 12.1 Å². The summed E-state index contributed by atoms with van der Waals surface area (Å²) in [6.45, 7) is 13.9. The first-order valence-electron chi connectivity index (χ1n) is 17.7. The van der Waals surface area contributed by atoms with Gasteiger partial charge in [-0.1, -0.05) is 227 Å². The van der Waals surface area contributed by atoms with Gasteiger partial charge in [0, 0.05) is 0 Å². The van der Waals surface area contributed by atoms with E-state index in [1.807, 2.05) is 0 Å². The second-order valence-electron chi connectivity index (χ2n) is 15.6. The zero-order chi connectivity index (χ0) is 34.5. The third-order valence-electron chi connectivity index (χ3n) is 10.1. The number of hydrogen-bond donors (Lipinski definition) is 0. The molecule has 0 aliphatic heterocycles. The Hall–Kier alpha value is -3.76. The Labute approximate surface area is 298 Å². The SMILES string of the molecule is CC(C)(C)c1ccc([B-](CP(c2ccccc2)c2ccccc2)(CP(c2ccccc2)c2ccccc2)c2ccc(C(C)(C)C)cc2)cc1. The lowest BCUT2D eigenvalue weighted by Crippen LogP contribution is -2.65. The first kappa shape index (κ1) is 35.1. The van der Waals surface area contributed by atoms with Crippen LogP contribution < -0.4 is 32.1 Å². The van der Waals surface area contributed by atoms with Crippen molar-refractivity contribution in [3.8, 4) is 0 Å². The molecule has 0 aromatic heterocycles. The maximum atomic E-state index is 2.49. The van der Waals surface area contributed by atoms with Gasteiger partial charge in [-0.2, -0.15) is 0 Å². The largest absolute Gasteiger partial charge is 0.204 e. The first-order valence-corrected chi connectivity index (χ1v) is 20.8. The van der Waals surface area contributed by atoms with Gasteiger partial charge in [0.25, 0.3) is 0 Å². The first-order chi connectivity index (χ1) is 23.5. The molecule has 0 fully saturated rings. The van der Waals surface area contributed by atoms with Gasteiger partial charge in [0.1, 0.15) is 0 Å². The molecular formula is C46H50BP2-. The van der Waals surface area contributed by atoms with E-state index in [-0.39, 0.29) is 10.8 Å². The van der Waals surface area contributed by atoms with Crippen LogP contribution in [0.1, 0.15) is 52.7 Å². The monoisotopic (exact) mass is 675 g/mol. The molecular weight excluding hydrogens is 625 g/mol. The molecule has 0 heterocycles. The van der Waals surface area contributed by atoms with E-state index in [4.69, 9.17) is 0 Å². The highest BCUT2D eigenvalue weighted by Gasteiger charge is 2.36. The summed E-state index contributed by atoms with van der Waals surface area (Å²) in [5.74, 6) is 0. The lowest BCUT2D eigenvalue weighted by Gasteiger charge is -2.47. The van der Waals surface area contributed by atoms with E-state index >= 15 is 0 Å². The van der Waals surface area contributed by atoms with E-state index in [9.17, 15) is 0 Å². The van der Waals surface area contributed by atoms with Gasteiger partial charge in [0.2, 0.25) is 0 Å². The normalized spacial score (nSPS) is 12.4. The quantitative estimate of drug-likeness (QED) is 0.100. The minimum Gasteiger partial charge on any atom is -0.204 e. The van der Waals surface area contributed by atoms with E-state index in [1.165, 1.54) is 43.3 Å². The highest BCUT2D eigenvalue weighted by molar-refractivity contribution is 7.79. The molecule has 49 heavy (non-hydrogen) atoms. The van der Waals surface area contributed by atoms with Crippen molar-refractivity contribution in [1.29, 1.82) is 0 Å². The molecule has 0 amide bonds. The molecule has 0 unspecified atom stereocenters. The molecule has 0 aliphatic carbocycles. The average Bonchev–Trinajstić information content (AvgIpc) is 3.13. The molecule has 0 aliphatic rings. The fourth-order valence-corrected chi connectivity index (χ4v) is 13.3. The Morgan fingerprint density at radius 2 is 0.592 bits per heavy atom. The van der Waals surface area contributed by atoms with Crippen LogP contribution in [-0.2, 0) is 10.8 Å². The van der Waals surface area contributed by atoms with Crippen molar-refractivity contribution >= 4 is 54.1 Å². The molecule has 0 saturated heterocycles. The van der Waals surface area contributed by atoms with Gasteiger partial charge >= 0.3 is 0 Å². The molecule has 0 spiro atoms. The molecule has 0 saturated carbocycles. The van der Waals surface area contributed by atoms with Gasteiger partial charge < -0.3 is 0 Å². The van der Waals surface area contributed by atoms with Gasteiger partial charge in [-0.3, -0.25) is 0 Å². The van der Waals surface area contributed by atoms with Crippen LogP contribution in [0, 0.1) is 0 Å². The summed E-state index contributed by atoms with van der Waals surface area (Å²) in [6.07, 6.45) is -1.27. The van der Waals surface area contributed by atoms with Crippen LogP contribution in [0.5, 0.6) is 0 Å². The summed E-state index contributed by atoms with van der Waals surface area (Å²) in [5.41, 5.74) is 5.87. The smallest absolute Gasteiger partial charge is 0.0646 e. The Morgan fingerprint density at radius 1 is 0.347 bits per heavy atom. The fraction of sp³-hybridized carbons (Fsp3) is 0.217.